The number of hydrogen-bond acceptors (Lipinski definition) is 3. The zero-order valence-electron chi connectivity index (χ0n) is 10.7. The molecule has 2 aromatic carbocycles. The number of aromatic nitrogens is 4. The topological polar surface area (TPSA) is 43.6 Å². The van der Waals surface area contributed by atoms with Gasteiger partial charge in [0.15, 0.2) is 5.82 Å². The van der Waals surface area contributed by atoms with Crippen LogP contribution in [0, 0.1) is 0 Å². The Bertz CT molecular complexity index is 667. The maximum absolute atomic E-state index is 4.17. The molecule has 0 saturated heterocycles. The molecule has 0 aliphatic carbocycles. The number of hydrogen-bond donors (Lipinski definition) is 0. The van der Waals surface area contributed by atoms with Crippen molar-refractivity contribution < 1.29 is 0 Å². The Kier molecular flexibility index (Phi) is 3.87. The van der Waals surface area contributed by atoms with Crippen LogP contribution < -0.4 is 0 Å². The van der Waals surface area contributed by atoms with Crippen LogP contribution in [0.1, 0.15) is 11.6 Å². The SMILES string of the molecule is BrC[C@@H](c1ccccc1)n1nnnc1-c1ccccc1. The minimum Gasteiger partial charge on any atom is -0.217 e. The van der Waals surface area contributed by atoms with Crippen molar-refractivity contribution in [1.29, 1.82) is 0 Å². The lowest BCUT2D eigenvalue weighted by molar-refractivity contribution is 0.557. The van der Waals surface area contributed by atoms with Gasteiger partial charge in [0.1, 0.15) is 0 Å². The van der Waals surface area contributed by atoms with Crippen molar-refractivity contribution in [3.8, 4) is 11.4 Å². The fraction of sp³-hybridized carbons (Fsp3) is 0.133. The zero-order chi connectivity index (χ0) is 13.8. The first kappa shape index (κ1) is 13.0. The monoisotopic (exact) mass is 328 g/mol. The number of nitrogens with zero attached hydrogens (tertiary/aromatic N) is 4. The Morgan fingerprint density at radius 3 is 2.25 bits per heavy atom. The minimum atomic E-state index is 0.0707. The normalized spacial score (nSPS) is 12.2. The molecule has 0 radical (unpaired) electrons. The summed E-state index contributed by atoms with van der Waals surface area (Å²) >= 11 is 3.56. The van der Waals surface area contributed by atoms with Crippen molar-refractivity contribution in [2.75, 3.05) is 5.33 Å². The molecule has 100 valence electrons. The maximum Gasteiger partial charge on any atom is 0.182 e. The van der Waals surface area contributed by atoms with Gasteiger partial charge in [0.25, 0.3) is 0 Å². The summed E-state index contributed by atoms with van der Waals surface area (Å²) in [5.41, 5.74) is 2.19. The lowest BCUT2D eigenvalue weighted by atomic mass is 10.1. The molecule has 0 aliphatic rings. The van der Waals surface area contributed by atoms with E-state index in [4.69, 9.17) is 0 Å². The van der Waals surface area contributed by atoms with Crippen LogP contribution in [0.15, 0.2) is 60.7 Å². The molecule has 5 heteroatoms. The van der Waals surface area contributed by atoms with Crippen LogP contribution >= 0.6 is 15.9 Å². The Balaban J connectivity index is 2.04. The van der Waals surface area contributed by atoms with Gasteiger partial charge in [-0.2, -0.15) is 0 Å². The van der Waals surface area contributed by atoms with Crippen molar-refractivity contribution in [2.45, 2.75) is 6.04 Å². The third-order valence-corrected chi connectivity index (χ3v) is 3.76. The minimum absolute atomic E-state index is 0.0707. The number of benzene rings is 2. The molecule has 3 rings (SSSR count). The van der Waals surface area contributed by atoms with E-state index in [1.54, 1.807) is 0 Å². The van der Waals surface area contributed by atoms with Crippen LogP contribution in [0.2, 0.25) is 0 Å². The van der Waals surface area contributed by atoms with E-state index in [1.165, 1.54) is 5.56 Å². The van der Waals surface area contributed by atoms with E-state index in [9.17, 15) is 0 Å². The zero-order valence-corrected chi connectivity index (χ0v) is 12.3. The van der Waals surface area contributed by atoms with Gasteiger partial charge in [0.05, 0.1) is 6.04 Å². The third-order valence-electron chi connectivity index (χ3n) is 3.15. The Morgan fingerprint density at radius 1 is 0.950 bits per heavy atom. The second-order valence-electron chi connectivity index (χ2n) is 4.39. The molecule has 4 nitrogen and oxygen atoms in total. The summed E-state index contributed by atoms with van der Waals surface area (Å²) in [4.78, 5) is 0. The first-order valence-electron chi connectivity index (χ1n) is 6.34. The number of halogens is 1. The Labute approximate surface area is 125 Å². The highest BCUT2D eigenvalue weighted by Crippen LogP contribution is 2.25. The molecule has 1 atom stereocenters. The van der Waals surface area contributed by atoms with Gasteiger partial charge in [-0.25, -0.2) is 4.68 Å². The first-order chi connectivity index (χ1) is 9.90. The van der Waals surface area contributed by atoms with Gasteiger partial charge in [0, 0.05) is 10.9 Å². The number of rotatable bonds is 4. The van der Waals surface area contributed by atoms with E-state index in [0.717, 1.165) is 16.7 Å². The highest BCUT2D eigenvalue weighted by atomic mass is 79.9. The summed E-state index contributed by atoms with van der Waals surface area (Å²) in [5.74, 6) is 0.777. The molecule has 0 amide bonds. The molecule has 3 aromatic rings. The van der Waals surface area contributed by atoms with Gasteiger partial charge in [-0.15, -0.1) is 5.10 Å². The summed E-state index contributed by atoms with van der Waals surface area (Å²) in [5, 5.41) is 12.9. The smallest absolute Gasteiger partial charge is 0.182 e. The fourth-order valence-corrected chi connectivity index (χ4v) is 2.80. The van der Waals surface area contributed by atoms with Crippen LogP contribution in [0.3, 0.4) is 0 Å². The molecule has 0 aliphatic heterocycles. The van der Waals surface area contributed by atoms with Gasteiger partial charge in [0.2, 0.25) is 0 Å². The summed E-state index contributed by atoms with van der Waals surface area (Å²) in [6.45, 7) is 0. The van der Waals surface area contributed by atoms with Crippen LogP contribution in [0.5, 0.6) is 0 Å². The first-order valence-corrected chi connectivity index (χ1v) is 7.46. The molecule has 1 aromatic heterocycles. The van der Waals surface area contributed by atoms with Gasteiger partial charge in [-0.05, 0) is 16.0 Å². The van der Waals surface area contributed by atoms with Gasteiger partial charge < -0.3 is 0 Å². The van der Waals surface area contributed by atoms with E-state index in [0.29, 0.717) is 0 Å². The maximum atomic E-state index is 4.17. The van der Waals surface area contributed by atoms with Crippen molar-refractivity contribution in [3.05, 3.63) is 66.2 Å². The predicted octanol–water partition coefficient (Wildman–Crippen LogP) is 3.32. The summed E-state index contributed by atoms with van der Waals surface area (Å²) in [7, 11) is 0. The predicted molar refractivity (Wildman–Crippen MR) is 81.6 cm³/mol. The third kappa shape index (κ3) is 2.49. The number of alkyl halides is 1. The molecule has 0 unspecified atom stereocenters. The molecule has 0 fully saturated rings. The molecular weight excluding hydrogens is 316 g/mol. The van der Waals surface area contributed by atoms with Gasteiger partial charge in [-0.1, -0.05) is 76.6 Å². The number of tetrazole rings is 1. The lowest BCUT2D eigenvalue weighted by Crippen LogP contribution is -2.15. The molecule has 1 heterocycles. The van der Waals surface area contributed by atoms with Crippen LogP contribution in [-0.4, -0.2) is 25.5 Å². The van der Waals surface area contributed by atoms with Crippen molar-refractivity contribution in [2.24, 2.45) is 0 Å². The standard InChI is InChI=1S/C15H13BrN4/c16-11-14(12-7-3-1-4-8-12)20-15(17-18-19-20)13-9-5-2-6-10-13/h1-10,14H,11H2/t14-/m0/s1. The summed E-state index contributed by atoms with van der Waals surface area (Å²) < 4.78 is 1.86. The Hall–Kier alpha value is -2.01. The second-order valence-corrected chi connectivity index (χ2v) is 5.04. The van der Waals surface area contributed by atoms with Gasteiger partial charge >= 0.3 is 0 Å². The van der Waals surface area contributed by atoms with E-state index in [1.807, 2.05) is 53.2 Å². The van der Waals surface area contributed by atoms with E-state index >= 15 is 0 Å². The quantitative estimate of drug-likeness (QED) is 0.690. The van der Waals surface area contributed by atoms with Crippen LogP contribution in [0.4, 0.5) is 0 Å². The van der Waals surface area contributed by atoms with Crippen LogP contribution in [-0.2, 0) is 0 Å². The molecule has 20 heavy (non-hydrogen) atoms. The summed E-state index contributed by atoms with van der Waals surface area (Å²) in [6.07, 6.45) is 0. The molecule has 0 spiro atoms. The van der Waals surface area contributed by atoms with Crippen LogP contribution in [0.25, 0.3) is 11.4 Å². The highest BCUT2D eigenvalue weighted by Gasteiger charge is 2.18. The van der Waals surface area contributed by atoms with Crippen molar-refractivity contribution in [1.82, 2.24) is 20.2 Å². The lowest BCUT2D eigenvalue weighted by Gasteiger charge is -2.16. The van der Waals surface area contributed by atoms with E-state index in [2.05, 4.69) is 43.6 Å². The van der Waals surface area contributed by atoms with E-state index in [-0.39, 0.29) is 6.04 Å². The average molecular weight is 329 g/mol. The summed E-state index contributed by atoms with van der Waals surface area (Å²) in [6, 6.07) is 20.3. The highest BCUT2D eigenvalue weighted by molar-refractivity contribution is 9.09. The molecule has 0 bridgehead atoms. The van der Waals surface area contributed by atoms with Gasteiger partial charge in [-0.3, -0.25) is 0 Å². The molecule has 0 N–H and O–H groups in total. The molecule has 0 saturated carbocycles. The molecular formula is C15H13BrN4. The van der Waals surface area contributed by atoms with Crippen molar-refractivity contribution >= 4 is 15.9 Å². The second kappa shape index (κ2) is 5.96. The Morgan fingerprint density at radius 2 is 1.60 bits per heavy atom. The van der Waals surface area contributed by atoms with Crippen molar-refractivity contribution in [3.63, 3.8) is 0 Å². The fourth-order valence-electron chi connectivity index (χ4n) is 2.15. The average Bonchev–Trinajstić information content (AvgIpc) is 2.99. The largest absolute Gasteiger partial charge is 0.217 e. The van der Waals surface area contributed by atoms with E-state index < -0.39 is 0 Å².